The molecular weight excluding hydrogens is 359 g/mol. The summed E-state index contributed by atoms with van der Waals surface area (Å²) in [5, 5.41) is 3.32. The maximum absolute atomic E-state index is 13.4. The van der Waals surface area contributed by atoms with E-state index in [1.807, 2.05) is 29.2 Å². The van der Waals surface area contributed by atoms with Gasteiger partial charge in [-0.15, -0.1) is 0 Å². The molecule has 0 aromatic heterocycles. The third-order valence-electron chi connectivity index (χ3n) is 4.75. The van der Waals surface area contributed by atoms with Crippen LogP contribution in [0, 0.1) is 5.82 Å². The first-order chi connectivity index (χ1) is 13.6. The van der Waals surface area contributed by atoms with E-state index < -0.39 is 0 Å². The van der Waals surface area contributed by atoms with Crippen LogP contribution in [0.3, 0.4) is 0 Å². The minimum absolute atomic E-state index is 0.0412. The van der Waals surface area contributed by atoms with E-state index in [1.54, 1.807) is 32.4 Å². The number of methoxy groups -OCH3 is 2. The van der Waals surface area contributed by atoms with Crippen molar-refractivity contribution in [3.8, 4) is 11.5 Å². The summed E-state index contributed by atoms with van der Waals surface area (Å²) in [7, 11) is 3.16. The van der Waals surface area contributed by atoms with Crippen molar-refractivity contribution in [1.82, 2.24) is 4.90 Å². The monoisotopic (exact) mass is 384 g/mol. The van der Waals surface area contributed by atoms with Crippen LogP contribution in [0.2, 0.25) is 0 Å². The highest BCUT2D eigenvalue weighted by molar-refractivity contribution is 5.92. The summed E-state index contributed by atoms with van der Waals surface area (Å²) in [6.45, 7) is 1.31. The van der Waals surface area contributed by atoms with Crippen LogP contribution in [0.4, 0.5) is 10.1 Å². The molecule has 2 aromatic carbocycles. The number of hydrogen-bond donors (Lipinski definition) is 1. The number of benzene rings is 2. The van der Waals surface area contributed by atoms with Gasteiger partial charge in [0.05, 0.1) is 14.2 Å². The fourth-order valence-electron chi connectivity index (χ4n) is 3.34. The maximum Gasteiger partial charge on any atom is 0.246 e. The van der Waals surface area contributed by atoms with Gasteiger partial charge >= 0.3 is 0 Å². The molecule has 5 nitrogen and oxygen atoms in total. The van der Waals surface area contributed by atoms with Crippen LogP contribution in [-0.2, 0) is 4.79 Å². The Morgan fingerprint density at radius 3 is 2.75 bits per heavy atom. The first kappa shape index (κ1) is 19.7. The summed E-state index contributed by atoms with van der Waals surface area (Å²) < 4.78 is 23.9. The lowest BCUT2D eigenvalue weighted by molar-refractivity contribution is -0.126. The van der Waals surface area contributed by atoms with E-state index in [4.69, 9.17) is 9.47 Å². The predicted molar refractivity (Wildman–Crippen MR) is 108 cm³/mol. The summed E-state index contributed by atoms with van der Waals surface area (Å²) >= 11 is 0. The van der Waals surface area contributed by atoms with Gasteiger partial charge < -0.3 is 19.7 Å². The smallest absolute Gasteiger partial charge is 0.246 e. The molecule has 0 saturated carbocycles. The van der Waals surface area contributed by atoms with E-state index in [-0.39, 0.29) is 17.8 Å². The number of likely N-dealkylation sites (tertiary alicyclic amines) is 1. The second kappa shape index (κ2) is 9.26. The van der Waals surface area contributed by atoms with Gasteiger partial charge in [0.25, 0.3) is 0 Å². The number of hydrogen-bond acceptors (Lipinski definition) is 4. The van der Waals surface area contributed by atoms with Crippen molar-refractivity contribution in [2.75, 3.05) is 32.6 Å². The fraction of sp³-hybridized carbons (Fsp3) is 0.318. The Labute approximate surface area is 164 Å². The van der Waals surface area contributed by atoms with Crippen molar-refractivity contribution in [3.05, 3.63) is 59.9 Å². The van der Waals surface area contributed by atoms with E-state index in [1.165, 1.54) is 12.1 Å². The summed E-state index contributed by atoms with van der Waals surface area (Å²) in [4.78, 5) is 14.4. The van der Waals surface area contributed by atoms with Crippen molar-refractivity contribution in [3.63, 3.8) is 0 Å². The van der Waals surface area contributed by atoms with E-state index in [0.29, 0.717) is 18.0 Å². The van der Waals surface area contributed by atoms with Gasteiger partial charge in [-0.1, -0.05) is 12.1 Å². The minimum Gasteiger partial charge on any atom is -0.493 e. The number of piperidine rings is 1. The molecule has 1 atom stereocenters. The van der Waals surface area contributed by atoms with E-state index in [2.05, 4.69) is 5.32 Å². The molecular formula is C22H25FN2O3. The van der Waals surface area contributed by atoms with Gasteiger partial charge in [0.15, 0.2) is 11.5 Å². The molecule has 1 N–H and O–H groups in total. The van der Waals surface area contributed by atoms with Gasteiger partial charge in [0, 0.05) is 30.9 Å². The standard InChI is InChI=1S/C22H25FN2O3/c1-27-20-10-8-16(13-21(20)28-2)9-11-22(26)25-12-4-7-19(15-25)24-18-6-3-5-17(23)14-18/h3,5-6,8-11,13-14,19,24H,4,7,12,15H2,1-2H3. The van der Waals surface area contributed by atoms with Crippen LogP contribution in [-0.4, -0.2) is 44.2 Å². The molecule has 2 aromatic rings. The number of nitrogens with one attached hydrogen (secondary N) is 1. The average Bonchev–Trinajstić information content (AvgIpc) is 2.72. The lowest BCUT2D eigenvalue weighted by Gasteiger charge is -2.33. The van der Waals surface area contributed by atoms with Crippen LogP contribution in [0.25, 0.3) is 6.08 Å². The van der Waals surface area contributed by atoms with Gasteiger partial charge in [0.1, 0.15) is 5.82 Å². The van der Waals surface area contributed by atoms with E-state index in [9.17, 15) is 9.18 Å². The van der Waals surface area contributed by atoms with Crippen LogP contribution < -0.4 is 14.8 Å². The normalized spacial score (nSPS) is 16.8. The van der Waals surface area contributed by atoms with Crippen LogP contribution >= 0.6 is 0 Å². The number of halogens is 1. The summed E-state index contributed by atoms with van der Waals surface area (Å²) in [5.74, 6) is 0.954. The zero-order chi connectivity index (χ0) is 19.9. The number of carbonyl (C=O) groups excluding carboxylic acids is 1. The predicted octanol–water partition coefficient (Wildman–Crippen LogP) is 3.96. The molecule has 1 heterocycles. The number of anilines is 1. The lowest BCUT2D eigenvalue weighted by Crippen LogP contribution is -2.44. The maximum atomic E-state index is 13.4. The van der Waals surface area contributed by atoms with Gasteiger partial charge in [-0.3, -0.25) is 4.79 Å². The number of amides is 1. The van der Waals surface area contributed by atoms with Crippen LogP contribution in [0.5, 0.6) is 11.5 Å². The Morgan fingerprint density at radius 1 is 1.18 bits per heavy atom. The Morgan fingerprint density at radius 2 is 2.00 bits per heavy atom. The van der Waals surface area contributed by atoms with E-state index >= 15 is 0 Å². The Hall–Kier alpha value is -3.02. The molecule has 1 saturated heterocycles. The number of rotatable bonds is 6. The minimum atomic E-state index is -0.272. The molecule has 0 spiro atoms. The first-order valence-electron chi connectivity index (χ1n) is 9.30. The molecule has 0 aliphatic carbocycles. The first-order valence-corrected chi connectivity index (χ1v) is 9.30. The highest BCUT2D eigenvalue weighted by Crippen LogP contribution is 2.28. The third-order valence-corrected chi connectivity index (χ3v) is 4.75. The van der Waals surface area contributed by atoms with Crippen LogP contribution in [0.15, 0.2) is 48.5 Å². The molecule has 28 heavy (non-hydrogen) atoms. The fourth-order valence-corrected chi connectivity index (χ4v) is 3.34. The highest BCUT2D eigenvalue weighted by Gasteiger charge is 2.22. The number of carbonyl (C=O) groups is 1. The van der Waals surface area contributed by atoms with Crippen LogP contribution in [0.1, 0.15) is 18.4 Å². The van der Waals surface area contributed by atoms with E-state index in [0.717, 1.165) is 30.6 Å². The molecule has 1 unspecified atom stereocenters. The Balaban J connectivity index is 1.61. The van der Waals surface area contributed by atoms with Gasteiger partial charge in [-0.2, -0.15) is 0 Å². The zero-order valence-corrected chi connectivity index (χ0v) is 16.2. The summed E-state index contributed by atoms with van der Waals surface area (Å²) in [6.07, 6.45) is 5.20. The molecule has 3 rings (SSSR count). The second-order valence-electron chi connectivity index (χ2n) is 6.73. The molecule has 1 fully saturated rings. The molecule has 148 valence electrons. The van der Waals surface area contributed by atoms with Gasteiger partial charge in [-0.05, 0) is 54.8 Å². The SMILES string of the molecule is COc1ccc(C=CC(=O)N2CCCC(Nc3cccc(F)c3)C2)cc1OC. The second-order valence-corrected chi connectivity index (χ2v) is 6.73. The Bertz CT molecular complexity index is 853. The molecule has 0 radical (unpaired) electrons. The van der Waals surface area contributed by atoms with Crippen molar-refractivity contribution in [2.24, 2.45) is 0 Å². The highest BCUT2D eigenvalue weighted by atomic mass is 19.1. The molecule has 1 aliphatic rings. The molecule has 6 heteroatoms. The molecule has 1 amide bonds. The van der Waals surface area contributed by atoms with Gasteiger partial charge in [-0.25, -0.2) is 4.39 Å². The van der Waals surface area contributed by atoms with Crippen molar-refractivity contribution >= 4 is 17.7 Å². The van der Waals surface area contributed by atoms with Crippen molar-refractivity contribution < 1.29 is 18.7 Å². The van der Waals surface area contributed by atoms with Crippen molar-refractivity contribution in [2.45, 2.75) is 18.9 Å². The topological polar surface area (TPSA) is 50.8 Å². The number of nitrogens with zero attached hydrogens (tertiary/aromatic N) is 1. The van der Waals surface area contributed by atoms with Gasteiger partial charge in [0.2, 0.25) is 5.91 Å². The lowest BCUT2D eigenvalue weighted by atomic mass is 10.0. The Kier molecular flexibility index (Phi) is 6.53. The average molecular weight is 384 g/mol. The largest absolute Gasteiger partial charge is 0.493 e. The molecule has 1 aliphatic heterocycles. The summed E-state index contributed by atoms with van der Waals surface area (Å²) in [6, 6.07) is 12.0. The third kappa shape index (κ3) is 5.03. The summed E-state index contributed by atoms with van der Waals surface area (Å²) in [5.41, 5.74) is 1.60. The number of ether oxygens (including phenoxy) is 2. The quantitative estimate of drug-likeness (QED) is 0.766. The zero-order valence-electron chi connectivity index (χ0n) is 16.2. The molecule has 0 bridgehead atoms. The van der Waals surface area contributed by atoms with Crippen molar-refractivity contribution in [1.29, 1.82) is 0 Å².